The third-order valence-electron chi connectivity index (χ3n) is 2.15. The van der Waals surface area contributed by atoms with Crippen molar-refractivity contribution in [3.05, 3.63) is 0 Å². The van der Waals surface area contributed by atoms with Crippen molar-refractivity contribution in [2.45, 2.75) is 58.8 Å². The van der Waals surface area contributed by atoms with Crippen molar-refractivity contribution in [2.75, 3.05) is 13.1 Å². The van der Waals surface area contributed by atoms with Crippen LogP contribution in [0, 0.1) is 0 Å². The van der Waals surface area contributed by atoms with Crippen LogP contribution in [0.3, 0.4) is 0 Å². The molecule has 110 valence electrons. The zero-order valence-electron chi connectivity index (χ0n) is 12.5. The van der Waals surface area contributed by atoms with Crippen molar-refractivity contribution in [3.63, 3.8) is 0 Å². The van der Waals surface area contributed by atoms with Crippen LogP contribution >= 0.6 is 0 Å². The van der Waals surface area contributed by atoms with E-state index < -0.39 is 23.5 Å². The molecule has 0 aromatic carbocycles. The molecule has 0 aromatic rings. The second-order valence-corrected chi connectivity index (χ2v) is 6.59. The largest absolute Gasteiger partial charge is 0.509 e. The normalized spacial score (nSPS) is 16.6. The molecule has 0 radical (unpaired) electrons. The lowest BCUT2D eigenvalue weighted by molar-refractivity contribution is -0.0729. The number of hydrogen-bond donors (Lipinski definition) is 0. The standard InChI is InChI=1S/C13H23NO5/c1-12(2,3)18-10(15)14-7-9(8-14)17-11(16)19-13(4,5)6/h9H,7-8H2,1-6H3. The van der Waals surface area contributed by atoms with Crippen LogP contribution in [-0.4, -0.2) is 47.5 Å². The van der Waals surface area contributed by atoms with Crippen molar-refractivity contribution in [2.24, 2.45) is 0 Å². The van der Waals surface area contributed by atoms with Gasteiger partial charge in [-0.1, -0.05) is 0 Å². The van der Waals surface area contributed by atoms with Gasteiger partial charge in [0.1, 0.15) is 17.3 Å². The lowest BCUT2D eigenvalue weighted by atomic mass is 10.2. The number of hydrogen-bond acceptors (Lipinski definition) is 5. The van der Waals surface area contributed by atoms with E-state index in [9.17, 15) is 9.59 Å². The Kier molecular flexibility index (Phi) is 4.32. The zero-order chi connectivity index (χ0) is 14.8. The van der Waals surface area contributed by atoms with Crippen LogP contribution in [-0.2, 0) is 14.2 Å². The molecule has 6 nitrogen and oxygen atoms in total. The Bertz CT molecular complexity index is 347. The lowest BCUT2D eigenvalue weighted by Crippen LogP contribution is -2.56. The van der Waals surface area contributed by atoms with Gasteiger partial charge in [-0.25, -0.2) is 9.59 Å². The molecule has 1 amide bonds. The summed E-state index contributed by atoms with van der Waals surface area (Å²) in [5.41, 5.74) is -1.10. The van der Waals surface area contributed by atoms with Gasteiger partial charge in [-0.2, -0.15) is 0 Å². The van der Waals surface area contributed by atoms with Crippen LogP contribution in [0.15, 0.2) is 0 Å². The van der Waals surface area contributed by atoms with Crippen molar-refractivity contribution < 1.29 is 23.8 Å². The molecule has 0 bridgehead atoms. The Morgan fingerprint density at radius 1 is 0.947 bits per heavy atom. The Balaban J connectivity index is 2.27. The molecule has 0 unspecified atom stereocenters. The smallest absolute Gasteiger partial charge is 0.444 e. The maximum absolute atomic E-state index is 11.6. The van der Waals surface area contributed by atoms with Crippen LogP contribution in [0.4, 0.5) is 9.59 Å². The molecule has 1 fully saturated rings. The summed E-state index contributed by atoms with van der Waals surface area (Å²) in [6.07, 6.45) is -1.42. The average Bonchev–Trinajstić information content (AvgIpc) is 2.03. The van der Waals surface area contributed by atoms with Gasteiger partial charge in [0.05, 0.1) is 13.1 Å². The number of carbonyl (C=O) groups is 2. The number of carbonyl (C=O) groups excluding carboxylic acids is 2. The zero-order valence-corrected chi connectivity index (χ0v) is 12.5. The first-order valence-electron chi connectivity index (χ1n) is 6.34. The molecular formula is C13H23NO5. The maximum atomic E-state index is 11.6. The van der Waals surface area contributed by atoms with E-state index in [1.54, 1.807) is 41.5 Å². The van der Waals surface area contributed by atoms with E-state index in [2.05, 4.69) is 0 Å². The van der Waals surface area contributed by atoms with Crippen LogP contribution in [0.1, 0.15) is 41.5 Å². The van der Waals surface area contributed by atoms with Crippen molar-refractivity contribution in [1.29, 1.82) is 0 Å². The molecule has 0 aromatic heterocycles. The summed E-state index contributed by atoms with van der Waals surface area (Å²) < 4.78 is 15.3. The number of likely N-dealkylation sites (tertiary alicyclic amines) is 1. The van der Waals surface area contributed by atoms with E-state index in [0.29, 0.717) is 13.1 Å². The summed E-state index contributed by atoms with van der Waals surface area (Å²) in [7, 11) is 0. The van der Waals surface area contributed by atoms with E-state index in [-0.39, 0.29) is 6.10 Å². The van der Waals surface area contributed by atoms with Gasteiger partial charge in [-0.05, 0) is 41.5 Å². The summed E-state index contributed by atoms with van der Waals surface area (Å²) in [6, 6.07) is 0. The highest BCUT2D eigenvalue weighted by Gasteiger charge is 2.37. The fraction of sp³-hybridized carbons (Fsp3) is 0.846. The summed E-state index contributed by atoms with van der Waals surface area (Å²) in [5, 5.41) is 0. The molecule has 1 heterocycles. The minimum Gasteiger partial charge on any atom is -0.444 e. The Hall–Kier alpha value is -1.46. The van der Waals surface area contributed by atoms with Crippen molar-refractivity contribution in [3.8, 4) is 0 Å². The molecule has 0 N–H and O–H groups in total. The first kappa shape index (κ1) is 15.6. The molecule has 1 aliphatic rings. The SMILES string of the molecule is CC(C)(C)OC(=O)OC1CN(C(=O)OC(C)(C)C)C1. The second kappa shape index (κ2) is 5.27. The van der Waals surface area contributed by atoms with Crippen LogP contribution < -0.4 is 0 Å². The first-order chi connectivity index (χ1) is 8.46. The summed E-state index contributed by atoms with van der Waals surface area (Å²) in [6.45, 7) is 11.4. The average molecular weight is 273 g/mol. The summed E-state index contributed by atoms with van der Waals surface area (Å²) in [5.74, 6) is 0. The van der Waals surface area contributed by atoms with Crippen molar-refractivity contribution in [1.82, 2.24) is 4.90 Å². The van der Waals surface area contributed by atoms with Gasteiger partial charge in [0.25, 0.3) is 0 Å². The third kappa shape index (κ3) is 5.81. The molecule has 19 heavy (non-hydrogen) atoms. The van der Waals surface area contributed by atoms with Gasteiger partial charge < -0.3 is 19.1 Å². The van der Waals surface area contributed by atoms with Crippen LogP contribution in [0.25, 0.3) is 0 Å². The van der Waals surface area contributed by atoms with E-state index in [0.717, 1.165) is 0 Å². The molecule has 1 aliphatic heterocycles. The highest BCUT2D eigenvalue weighted by atomic mass is 16.7. The third-order valence-corrected chi connectivity index (χ3v) is 2.15. The molecule has 0 saturated carbocycles. The Labute approximate surface area is 114 Å². The van der Waals surface area contributed by atoms with Gasteiger partial charge in [0.2, 0.25) is 0 Å². The van der Waals surface area contributed by atoms with Gasteiger partial charge in [0, 0.05) is 0 Å². The van der Waals surface area contributed by atoms with Gasteiger partial charge in [-0.3, -0.25) is 0 Å². The maximum Gasteiger partial charge on any atom is 0.509 e. The Morgan fingerprint density at radius 2 is 1.42 bits per heavy atom. The van der Waals surface area contributed by atoms with Crippen LogP contribution in [0.2, 0.25) is 0 Å². The molecule has 1 saturated heterocycles. The highest BCUT2D eigenvalue weighted by Crippen LogP contribution is 2.18. The topological polar surface area (TPSA) is 65.1 Å². The van der Waals surface area contributed by atoms with Crippen LogP contribution in [0.5, 0.6) is 0 Å². The van der Waals surface area contributed by atoms with Crippen molar-refractivity contribution >= 4 is 12.2 Å². The number of nitrogens with zero attached hydrogens (tertiary/aromatic N) is 1. The Morgan fingerprint density at radius 3 is 1.84 bits per heavy atom. The van der Waals surface area contributed by atoms with E-state index >= 15 is 0 Å². The summed E-state index contributed by atoms with van der Waals surface area (Å²) in [4.78, 5) is 24.5. The quantitative estimate of drug-likeness (QED) is 0.687. The number of amides is 1. The minimum atomic E-state index is -0.707. The predicted molar refractivity (Wildman–Crippen MR) is 68.9 cm³/mol. The fourth-order valence-electron chi connectivity index (χ4n) is 1.40. The van der Waals surface area contributed by atoms with E-state index in [1.165, 1.54) is 4.90 Å². The molecular weight excluding hydrogens is 250 g/mol. The van der Waals surface area contributed by atoms with E-state index in [4.69, 9.17) is 14.2 Å². The molecule has 0 spiro atoms. The minimum absolute atomic E-state index is 0.317. The highest BCUT2D eigenvalue weighted by molar-refractivity contribution is 5.69. The van der Waals surface area contributed by atoms with Gasteiger partial charge in [0.15, 0.2) is 0 Å². The lowest BCUT2D eigenvalue weighted by Gasteiger charge is -2.38. The first-order valence-corrected chi connectivity index (χ1v) is 6.34. The molecule has 6 heteroatoms. The second-order valence-electron chi connectivity index (χ2n) is 6.59. The number of ether oxygens (including phenoxy) is 3. The van der Waals surface area contributed by atoms with Gasteiger partial charge in [-0.15, -0.1) is 0 Å². The molecule has 1 rings (SSSR count). The number of rotatable bonds is 1. The molecule has 0 atom stereocenters. The van der Waals surface area contributed by atoms with Gasteiger partial charge >= 0.3 is 12.2 Å². The fourth-order valence-corrected chi connectivity index (χ4v) is 1.40. The monoisotopic (exact) mass is 273 g/mol. The van der Waals surface area contributed by atoms with E-state index in [1.807, 2.05) is 0 Å². The predicted octanol–water partition coefficient (Wildman–Crippen LogP) is 2.56. The summed E-state index contributed by atoms with van der Waals surface area (Å²) >= 11 is 0. The molecule has 0 aliphatic carbocycles.